The summed E-state index contributed by atoms with van der Waals surface area (Å²) in [5.41, 5.74) is 1.10. The quantitative estimate of drug-likeness (QED) is 0.754. The van der Waals surface area contributed by atoms with Crippen LogP contribution in [0.15, 0.2) is 24.3 Å². The third-order valence-corrected chi connectivity index (χ3v) is 3.48. The van der Waals surface area contributed by atoms with Crippen LogP contribution in [0.3, 0.4) is 0 Å². The van der Waals surface area contributed by atoms with Crippen molar-refractivity contribution in [2.75, 3.05) is 32.8 Å². The number of ether oxygens (including phenoxy) is 1. The number of likely N-dealkylation sites (N-methyl/N-ethyl adjacent to an activating group) is 1. The number of amides is 2. The number of nitrogens with zero attached hydrogens (tertiary/aromatic N) is 1. The fourth-order valence-corrected chi connectivity index (χ4v) is 2.07. The number of carbonyl (C=O) groups is 2. The third kappa shape index (κ3) is 6.91. The van der Waals surface area contributed by atoms with Crippen molar-refractivity contribution in [3.63, 3.8) is 0 Å². The highest BCUT2D eigenvalue weighted by molar-refractivity contribution is 6.30. The summed E-state index contributed by atoms with van der Waals surface area (Å²) in [5, 5.41) is 3.45. The van der Waals surface area contributed by atoms with Gasteiger partial charge >= 0.3 is 0 Å². The number of nitrogens with one attached hydrogen (secondary N) is 1. The first kappa shape index (κ1) is 18.5. The van der Waals surface area contributed by atoms with E-state index in [0.717, 1.165) is 12.0 Å². The second-order valence-electron chi connectivity index (χ2n) is 4.79. The Kier molecular flexibility index (Phi) is 8.55. The minimum absolute atomic E-state index is 0.0632. The number of rotatable bonds is 9. The van der Waals surface area contributed by atoms with E-state index in [0.29, 0.717) is 24.7 Å². The molecular formula is C16H23ClN2O3. The van der Waals surface area contributed by atoms with Gasteiger partial charge in [0.1, 0.15) is 13.2 Å². The Morgan fingerprint density at radius 3 is 2.36 bits per heavy atom. The number of benzene rings is 1. The third-order valence-electron chi connectivity index (χ3n) is 3.22. The maximum Gasteiger partial charge on any atom is 0.248 e. The van der Waals surface area contributed by atoms with Gasteiger partial charge in [0.05, 0.1) is 0 Å². The van der Waals surface area contributed by atoms with Crippen molar-refractivity contribution in [1.82, 2.24) is 10.2 Å². The molecule has 0 atom stereocenters. The molecule has 22 heavy (non-hydrogen) atoms. The van der Waals surface area contributed by atoms with Crippen LogP contribution >= 0.6 is 11.6 Å². The van der Waals surface area contributed by atoms with Gasteiger partial charge in [-0.1, -0.05) is 23.7 Å². The van der Waals surface area contributed by atoms with E-state index in [1.807, 2.05) is 38.1 Å². The summed E-state index contributed by atoms with van der Waals surface area (Å²) in [6.45, 7) is 5.46. The molecule has 0 saturated heterocycles. The van der Waals surface area contributed by atoms with Gasteiger partial charge in [0.25, 0.3) is 0 Å². The van der Waals surface area contributed by atoms with E-state index in [1.165, 1.54) is 0 Å². The Hall–Kier alpha value is -1.59. The topological polar surface area (TPSA) is 58.6 Å². The molecule has 5 nitrogen and oxygen atoms in total. The molecule has 1 rings (SSSR count). The predicted octanol–water partition coefficient (Wildman–Crippen LogP) is 1.88. The number of carbonyl (C=O) groups excluding carboxylic acids is 2. The van der Waals surface area contributed by atoms with Crippen LogP contribution in [0.25, 0.3) is 0 Å². The molecule has 0 aliphatic heterocycles. The first-order chi connectivity index (χ1) is 10.6. The van der Waals surface area contributed by atoms with Crippen molar-refractivity contribution < 1.29 is 14.3 Å². The maximum absolute atomic E-state index is 11.7. The molecule has 6 heteroatoms. The van der Waals surface area contributed by atoms with Crippen LogP contribution in [0.4, 0.5) is 0 Å². The zero-order valence-corrected chi connectivity index (χ0v) is 13.9. The molecule has 122 valence electrons. The molecule has 0 radical (unpaired) electrons. The lowest BCUT2D eigenvalue weighted by atomic mass is 10.1. The molecule has 0 fully saturated rings. The van der Waals surface area contributed by atoms with Crippen molar-refractivity contribution in [3.8, 4) is 0 Å². The van der Waals surface area contributed by atoms with Gasteiger partial charge in [0.15, 0.2) is 0 Å². The minimum atomic E-state index is -0.221. The number of hydrogen-bond donors (Lipinski definition) is 1. The Balaban J connectivity index is 2.16. The van der Waals surface area contributed by atoms with E-state index in [-0.39, 0.29) is 25.0 Å². The Labute approximate surface area is 136 Å². The number of hydrogen-bond acceptors (Lipinski definition) is 3. The summed E-state index contributed by atoms with van der Waals surface area (Å²) in [5.74, 6) is -0.319. The molecule has 1 aromatic carbocycles. The van der Waals surface area contributed by atoms with Crippen LogP contribution in [0.5, 0.6) is 0 Å². The average molecular weight is 327 g/mol. The molecule has 0 bridgehead atoms. The van der Waals surface area contributed by atoms with Gasteiger partial charge in [-0.3, -0.25) is 9.59 Å². The second-order valence-corrected chi connectivity index (χ2v) is 5.22. The highest BCUT2D eigenvalue weighted by atomic mass is 35.5. The minimum Gasteiger partial charge on any atom is -0.362 e. The molecule has 0 heterocycles. The van der Waals surface area contributed by atoms with Crippen molar-refractivity contribution in [1.29, 1.82) is 0 Å². The van der Waals surface area contributed by atoms with E-state index < -0.39 is 0 Å². The standard InChI is InChI=1S/C16H23ClN2O3/c1-3-19(4-2)16(21)12-22-11-15(20)18-10-9-13-5-7-14(17)8-6-13/h5-8H,3-4,9-12H2,1-2H3,(H,18,20). The van der Waals surface area contributed by atoms with Gasteiger partial charge in [-0.25, -0.2) is 0 Å². The molecule has 0 saturated carbocycles. The molecule has 0 unspecified atom stereocenters. The van der Waals surface area contributed by atoms with Crippen molar-refractivity contribution in [2.45, 2.75) is 20.3 Å². The van der Waals surface area contributed by atoms with E-state index in [4.69, 9.17) is 16.3 Å². The SMILES string of the molecule is CCN(CC)C(=O)COCC(=O)NCCc1ccc(Cl)cc1. The summed E-state index contributed by atoms with van der Waals surface area (Å²) in [6, 6.07) is 7.49. The van der Waals surface area contributed by atoms with Gasteiger partial charge in [-0.15, -0.1) is 0 Å². The molecule has 0 spiro atoms. The monoisotopic (exact) mass is 326 g/mol. The Morgan fingerprint density at radius 2 is 1.77 bits per heavy atom. The fourth-order valence-electron chi connectivity index (χ4n) is 1.95. The summed E-state index contributed by atoms with van der Waals surface area (Å²) in [4.78, 5) is 24.9. The first-order valence-electron chi connectivity index (χ1n) is 7.43. The lowest BCUT2D eigenvalue weighted by Gasteiger charge is -2.18. The van der Waals surface area contributed by atoms with E-state index in [9.17, 15) is 9.59 Å². The Bertz CT molecular complexity index is 473. The van der Waals surface area contributed by atoms with Crippen molar-refractivity contribution in [3.05, 3.63) is 34.9 Å². The fraction of sp³-hybridized carbons (Fsp3) is 0.500. The molecule has 1 N–H and O–H groups in total. The van der Waals surface area contributed by atoms with Gasteiger partial charge < -0.3 is 15.0 Å². The van der Waals surface area contributed by atoms with Crippen LogP contribution in [0, 0.1) is 0 Å². The van der Waals surface area contributed by atoms with E-state index >= 15 is 0 Å². The lowest BCUT2D eigenvalue weighted by molar-refractivity contribution is -0.138. The average Bonchev–Trinajstić information content (AvgIpc) is 2.50. The summed E-state index contributed by atoms with van der Waals surface area (Å²) >= 11 is 5.80. The predicted molar refractivity (Wildman–Crippen MR) is 86.9 cm³/mol. The second kappa shape index (κ2) is 10.2. The summed E-state index contributed by atoms with van der Waals surface area (Å²) in [6.07, 6.45) is 0.723. The van der Waals surface area contributed by atoms with Crippen LogP contribution < -0.4 is 5.32 Å². The van der Waals surface area contributed by atoms with Crippen LogP contribution in [0.1, 0.15) is 19.4 Å². The highest BCUT2D eigenvalue weighted by Gasteiger charge is 2.10. The number of halogens is 1. The lowest BCUT2D eigenvalue weighted by Crippen LogP contribution is -2.35. The summed E-state index contributed by atoms with van der Waals surface area (Å²) in [7, 11) is 0. The highest BCUT2D eigenvalue weighted by Crippen LogP contribution is 2.09. The van der Waals surface area contributed by atoms with Crippen LogP contribution in [-0.2, 0) is 20.7 Å². The largest absolute Gasteiger partial charge is 0.362 e. The van der Waals surface area contributed by atoms with E-state index in [2.05, 4.69) is 5.32 Å². The van der Waals surface area contributed by atoms with Crippen molar-refractivity contribution in [2.24, 2.45) is 0 Å². The molecule has 0 aromatic heterocycles. The molecule has 2 amide bonds. The van der Waals surface area contributed by atoms with Gasteiger partial charge in [0.2, 0.25) is 11.8 Å². The Morgan fingerprint density at radius 1 is 1.14 bits per heavy atom. The zero-order valence-electron chi connectivity index (χ0n) is 13.1. The molecule has 0 aliphatic carbocycles. The summed E-state index contributed by atoms with van der Waals surface area (Å²) < 4.78 is 5.14. The van der Waals surface area contributed by atoms with E-state index in [1.54, 1.807) is 4.90 Å². The van der Waals surface area contributed by atoms with Gasteiger partial charge in [-0.05, 0) is 38.0 Å². The van der Waals surface area contributed by atoms with Gasteiger partial charge in [0, 0.05) is 24.7 Å². The first-order valence-corrected chi connectivity index (χ1v) is 7.81. The van der Waals surface area contributed by atoms with Crippen LogP contribution in [0.2, 0.25) is 5.02 Å². The normalized spacial score (nSPS) is 10.3. The zero-order chi connectivity index (χ0) is 16.4. The molecular weight excluding hydrogens is 304 g/mol. The van der Waals surface area contributed by atoms with Crippen LogP contribution in [-0.4, -0.2) is 49.6 Å². The maximum atomic E-state index is 11.7. The smallest absolute Gasteiger partial charge is 0.248 e. The molecule has 0 aliphatic rings. The van der Waals surface area contributed by atoms with Crippen molar-refractivity contribution >= 4 is 23.4 Å². The van der Waals surface area contributed by atoms with Gasteiger partial charge in [-0.2, -0.15) is 0 Å². The molecule has 1 aromatic rings.